The van der Waals surface area contributed by atoms with E-state index in [9.17, 15) is 13.6 Å². The summed E-state index contributed by atoms with van der Waals surface area (Å²) < 4.78 is 43.8. The Morgan fingerprint density at radius 2 is 1.90 bits per heavy atom. The van der Waals surface area contributed by atoms with Gasteiger partial charge in [-0.2, -0.15) is 0 Å². The minimum Gasteiger partial charge on any atom is -0.494 e. The van der Waals surface area contributed by atoms with E-state index in [4.69, 9.17) is 19.7 Å². The summed E-state index contributed by atoms with van der Waals surface area (Å²) >= 11 is 0. The Bertz CT molecular complexity index is 987. The van der Waals surface area contributed by atoms with Gasteiger partial charge in [0.2, 0.25) is 0 Å². The van der Waals surface area contributed by atoms with Crippen molar-refractivity contribution in [1.29, 1.82) is 0 Å². The number of rotatable bonds is 9. The molecule has 3 rings (SSSR count). The van der Waals surface area contributed by atoms with Crippen LogP contribution in [-0.4, -0.2) is 17.7 Å². The van der Waals surface area contributed by atoms with E-state index in [0.717, 1.165) is 36.3 Å². The third-order valence-corrected chi connectivity index (χ3v) is 4.15. The predicted octanol–water partition coefficient (Wildman–Crippen LogP) is 4.48. The van der Waals surface area contributed by atoms with Crippen LogP contribution in [0.3, 0.4) is 0 Å². The number of unbranched alkanes of at least 4 members (excludes halogenated alkanes) is 1. The second-order valence-corrected chi connectivity index (χ2v) is 6.29. The van der Waals surface area contributed by atoms with E-state index in [2.05, 4.69) is 12.1 Å². The summed E-state index contributed by atoms with van der Waals surface area (Å²) in [6, 6.07) is 11.0. The van der Waals surface area contributed by atoms with Gasteiger partial charge in [-0.1, -0.05) is 18.5 Å². The molecule has 0 atom stereocenters. The molecule has 0 unspecified atom stereocenters. The lowest BCUT2D eigenvalue weighted by atomic mass is 10.1. The van der Waals surface area contributed by atoms with Gasteiger partial charge in [0.25, 0.3) is 5.91 Å². The standard InChI is InChI=1S/C21H20F2N2O4/c1-2-3-10-27-14-6-4-13(5-7-14)17-11-15(29-25-17)12-28-18-9-8-16(22)19(20(18)23)21(24)26/h4-9,11H,2-3,10,12H2,1H3,(H2,24,26). The van der Waals surface area contributed by atoms with E-state index in [0.29, 0.717) is 18.1 Å². The summed E-state index contributed by atoms with van der Waals surface area (Å²) in [6.45, 7) is 2.60. The average Bonchev–Trinajstić information content (AvgIpc) is 3.17. The smallest absolute Gasteiger partial charge is 0.254 e. The van der Waals surface area contributed by atoms with Crippen molar-refractivity contribution in [3.8, 4) is 22.8 Å². The zero-order valence-corrected chi connectivity index (χ0v) is 15.8. The molecular weight excluding hydrogens is 382 g/mol. The van der Waals surface area contributed by atoms with Crippen molar-refractivity contribution in [2.24, 2.45) is 5.73 Å². The summed E-state index contributed by atoms with van der Waals surface area (Å²) in [5.41, 5.74) is 5.53. The van der Waals surface area contributed by atoms with Crippen molar-refractivity contribution in [2.45, 2.75) is 26.4 Å². The van der Waals surface area contributed by atoms with Crippen molar-refractivity contribution in [2.75, 3.05) is 6.61 Å². The van der Waals surface area contributed by atoms with Crippen LogP contribution in [0.1, 0.15) is 35.9 Å². The molecule has 152 valence electrons. The summed E-state index contributed by atoms with van der Waals surface area (Å²) in [6.07, 6.45) is 2.05. The number of halogens is 2. The molecule has 2 N–H and O–H groups in total. The third-order valence-electron chi connectivity index (χ3n) is 4.15. The number of aromatic nitrogens is 1. The first-order valence-electron chi connectivity index (χ1n) is 9.09. The fourth-order valence-electron chi connectivity index (χ4n) is 2.59. The van der Waals surface area contributed by atoms with Crippen LogP contribution in [0.25, 0.3) is 11.3 Å². The molecule has 0 spiro atoms. The van der Waals surface area contributed by atoms with Gasteiger partial charge in [-0.25, -0.2) is 8.78 Å². The Hall–Kier alpha value is -3.42. The van der Waals surface area contributed by atoms with Crippen LogP contribution in [0.15, 0.2) is 47.0 Å². The van der Waals surface area contributed by atoms with Crippen molar-refractivity contribution in [1.82, 2.24) is 5.16 Å². The number of benzene rings is 2. The Morgan fingerprint density at radius 1 is 1.14 bits per heavy atom. The third kappa shape index (κ3) is 4.90. The highest BCUT2D eigenvalue weighted by molar-refractivity contribution is 5.93. The van der Waals surface area contributed by atoms with Gasteiger partial charge < -0.3 is 19.7 Å². The highest BCUT2D eigenvalue weighted by Gasteiger charge is 2.19. The van der Waals surface area contributed by atoms with Gasteiger partial charge in [0.15, 0.2) is 17.3 Å². The van der Waals surface area contributed by atoms with E-state index >= 15 is 0 Å². The molecule has 29 heavy (non-hydrogen) atoms. The van der Waals surface area contributed by atoms with E-state index < -0.39 is 23.1 Å². The topological polar surface area (TPSA) is 87.6 Å². The normalized spacial score (nSPS) is 10.7. The Labute approximate surface area is 166 Å². The van der Waals surface area contributed by atoms with Gasteiger partial charge in [0.1, 0.15) is 29.4 Å². The van der Waals surface area contributed by atoms with E-state index in [1.165, 1.54) is 0 Å². The lowest BCUT2D eigenvalue weighted by molar-refractivity contribution is 0.0991. The number of nitrogens with zero attached hydrogens (tertiary/aromatic N) is 1. The number of nitrogens with two attached hydrogens (primary N) is 1. The molecule has 3 aromatic rings. The molecule has 8 heteroatoms. The Morgan fingerprint density at radius 3 is 2.59 bits per heavy atom. The lowest BCUT2D eigenvalue weighted by Gasteiger charge is -2.08. The van der Waals surface area contributed by atoms with Crippen LogP contribution in [0, 0.1) is 11.6 Å². The molecule has 0 fully saturated rings. The van der Waals surface area contributed by atoms with Gasteiger partial charge >= 0.3 is 0 Å². The molecule has 1 amide bonds. The summed E-state index contributed by atoms with van der Waals surface area (Å²) in [4.78, 5) is 11.2. The minimum absolute atomic E-state index is 0.161. The number of hydrogen-bond donors (Lipinski definition) is 1. The first kappa shape index (κ1) is 20.3. The van der Waals surface area contributed by atoms with Crippen molar-refractivity contribution in [3.05, 3.63) is 65.4 Å². The second kappa shape index (κ2) is 9.18. The van der Waals surface area contributed by atoms with Crippen molar-refractivity contribution in [3.63, 3.8) is 0 Å². The lowest BCUT2D eigenvalue weighted by Crippen LogP contribution is -2.16. The molecule has 0 aliphatic heterocycles. The zero-order valence-electron chi connectivity index (χ0n) is 15.8. The predicted molar refractivity (Wildman–Crippen MR) is 102 cm³/mol. The molecular formula is C21H20F2N2O4. The van der Waals surface area contributed by atoms with Crippen LogP contribution < -0.4 is 15.2 Å². The van der Waals surface area contributed by atoms with Crippen LogP contribution in [0.4, 0.5) is 8.78 Å². The summed E-state index contributed by atoms with van der Waals surface area (Å²) in [5, 5.41) is 3.96. The molecule has 2 aromatic carbocycles. The maximum atomic E-state index is 14.2. The maximum absolute atomic E-state index is 14.2. The van der Waals surface area contributed by atoms with Crippen LogP contribution >= 0.6 is 0 Å². The van der Waals surface area contributed by atoms with E-state index in [1.807, 2.05) is 24.3 Å². The number of hydrogen-bond acceptors (Lipinski definition) is 5. The molecule has 0 aliphatic carbocycles. The molecule has 6 nitrogen and oxygen atoms in total. The van der Waals surface area contributed by atoms with Crippen LogP contribution in [0.5, 0.6) is 11.5 Å². The van der Waals surface area contributed by atoms with Gasteiger partial charge in [-0.3, -0.25) is 4.79 Å². The monoisotopic (exact) mass is 402 g/mol. The molecule has 1 aromatic heterocycles. The largest absolute Gasteiger partial charge is 0.494 e. The Kier molecular flexibility index (Phi) is 6.43. The fourth-order valence-corrected chi connectivity index (χ4v) is 2.59. The summed E-state index contributed by atoms with van der Waals surface area (Å²) in [7, 11) is 0. The van der Waals surface area contributed by atoms with Gasteiger partial charge in [0.05, 0.1) is 6.61 Å². The molecule has 0 aliphatic rings. The highest BCUT2D eigenvalue weighted by Crippen LogP contribution is 2.26. The molecule has 0 saturated carbocycles. The molecule has 0 bridgehead atoms. The minimum atomic E-state index is -1.21. The second-order valence-electron chi connectivity index (χ2n) is 6.29. The SMILES string of the molecule is CCCCOc1ccc(-c2cc(COc3ccc(F)c(C(N)=O)c3F)on2)cc1. The molecule has 0 saturated heterocycles. The van der Waals surface area contributed by atoms with Crippen LogP contribution in [0.2, 0.25) is 0 Å². The van der Waals surface area contributed by atoms with E-state index in [1.54, 1.807) is 6.07 Å². The number of amides is 1. The first-order valence-corrected chi connectivity index (χ1v) is 9.09. The maximum Gasteiger partial charge on any atom is 0.254 e. The van der Waals surface area contributed by atoms with Gasteiger partial charge in [0, 0.05) is 11.6 Å². The van der Waals surface area contributed by atoms with E-state index in [-0.39, 0.29) is 12.4 Å². The number of ether oxygens (including phenoxy) is 2. The quantitative estimate of drug-likeness (QED) is 0.533. The number of carbonyl (C=O) groups is 1. The fraction of sp³-hybridized carbons (Fsp3) is 0.238. The molecule has 1 heterocycles. The Balaban J connectivity index is 1.65. The zero-order chi connectivity index (χ0) is 20.8. The number of carbonyl (C=O) groups excluding carboxylic acids is 1. The van der Waals surface area contributed by atoms with Crippen molar-refractivity contribution >= 4 is 5.91 Å². The van der Waals surface area contributed by atoms with Crippen LogP contribution in [-0.2, 0) is 6.61 Å². The molecule has 0 radical (unpaired) electrons. The first-order chi connectivity index (χ1) is 14.0. The average molecular weight is 402 g/mol. The highest BCUT2D eigenvalue weighted by atomic mass is 19.1. The summed E-state index contributed by atoms with van der Waals surface area (Å²) in [5.74, 6) is -2.64. The number of primary amides is 1. The van der Waals surface area contributed by atoms with Crippen molar-refractivity contribution < 1.29 is 27.6 Å². The van der Waals surface area contributed by atoms with Gasteiger partial charge in [-0.15, -0.1) is 0 Å². The van der Waals surface area contributed by atoms with Gasteiger partial charge in [-0.05, 0) is 42.8 Å².